The van der Waals surface area contributed by atoms with Crippen LogP contribution in [-0.4, -0.2) is 58.8 Å². The number of carbonyl (C=O) groups is 4. The van der Waals surface area contributed by atoms with Gasteiger partial charge in [0.2, 0.25) is 5.91 Å². The molecule has 1 aromatic heterocycles. The number of methoxy groups -OCH3 is 1. The number of esters is 1. The second kappa shape index (κ2) is 13.1. The highest BCUT2D eigenvalue weighted by Crippen LogP contribution is 2.18. The standard InChI is InChI=1S/C24H33N5O6/c1-24(2,3)35-23(33)28-19(10-7-13-26-22(32)29-15-14-25-16-29)21(31)27-18-9-6-5-8-17(18)11-12-20(30)34-4/h5-6,8-9,14-16,19H,7,10-13H2,1-4H3,(H,26,32)(H,27,31)(H,28,33)/t19-/m0/s1. The van der Waals surface area contributed by atoms with E-state index in [0.29, 0.717) is 18.5 Å². The molecule has 0 aliphatic carbocycles. The Morgan fingerprint density at radius 3 is 2.54 bits per heavy atom. The van der Waals surface area contributed by atoms with E-state index < -0.39 is 23.6 Å². The van der Waals surface area contributed by atoms with E-state index in [2.05, 4.69) is 25.7 Å². The minimum atomic E-state index is -0.913. The van der Waals surface area contributed by atoms with Crippen LogP contribution < -0.4 is 16.0 Å². The lowest BCUT2D eigenvalue weighted by atomic mass is 10.1. The smallest absolute Gasteiger partial charge is 0.408 e. The summed E-state index contributed by atoms with van der Waals surface area (Å²) in [5.41, 5.74) is 0.561. The number of aromatic nitrogens is 2. The van der Waals surface area contributed by atoms with Gasteiger partial charge in [0.05, 0.1) is 7.11 Å². The van der Waals surface area contributed by atoms with Crippen molar-refractivity contribution in [2.45, 2.75) is 58.1 Å². The van der Waals surface area contributed by atoms with E-state index in [1.54, 1.807) is 39.0 Å². The summed E-state index contributed by atoms with van der Waals surface area (Å²) in [6, 6.07) is 5.84. The van der Waals surface area contributed by atoms with E-state index in [4.69, 9.17) is 4.74 Å². The molecule has 0 saturated carbocycles. The zero-order valence-electron chi connectivity index (χ0n) is 20.5. The molecule has 0 aliphatic rings. The van der Waals surface area contributed by atoms with Crippen molar-refractivity contribution in [2.24, 2.45) is 0 Å². The highest BCUT2D eigenvalue weighted by atomic mass is 16.6. The molecular weight excluding hydrogens is 454 g/mol. The maximum Gasteiger partial charge on any atom is 0.408 e. The molecular formula is C24H33N5O6. The Balaban J connectivity index is 2.03. The Morgan fingerprint density at radius 2 is 1.89 bits per heavy atom. The first kappa shape index (κ1) is 27.4. The lowest BCUT2D eigenvalue weighted by Crippen LogP contribution is -2.46. The normalized spacial score (nSPS) is 11.8. The summed E-state index contributed by atoms with van der Waals surface area (Å²) in [7, 11) is 1.32. The van der Waals surface area contributed by atoms with E-state index in [-0.39, 0.29) is 31.4 Å². The molecule has 3 amide bonds. The number of anilines is 1. The van der Waals surface area contributed by atoms with Crippen LogP contribution in [0.2, 0.25) is 0 Å². The summed E-state index contributed by atoms with van der Waals surface area (Å²) in [6.07, 6.45) is 4.89. The summed E-state index contributed by atoms with van der Waals surface area (Å²) in [4.78, 5) is 52.8. The SMILES string of the molecule is COC(=O)CCc1ccccc1NC(=O)[C@H](CCCNC(=O)n1ccnc1)NC(=O)OC(C)(C)C. The second-order valence-corrected chi connectivity index (χ2v) is 8.77. The van der Waals surface area contributed by atoms with Gasteiger partial charge in [0.25, 0.3) is 0 Å². The van der Waals surface area contributed by atoms with Crippen LogP contribution in [0.15, 0.2) is 43.0 Å². The molecule has 0 radical (unpaired) electrons. The third-order valence-electron chi connectivity index (χ3n) is 4.79. The van der Waals surface area contributed by atoms with Gasteiger partial charge < -0.3 is 25.4 Å². The first-order chi connectivity index (χ1) is 16.6. The first-order valence-electron chi connectivity index (χ1n) is 11.3. The molecule has 0 unspecified atom stereocenters. The summed E-state index contributed by atoms with van der Waals surface area (Å²) in [5.74, 6) is -0.796. The topological polar surface area (TPSA) is 141 Å². The first-order valence-corrected chi connectivity index (χ1v) is 11.3. The molecule has 0 saturated heterocycles. The minimum absolute atomic E-state index is 0.166. The monoisotopic (exact) mass is 487 g/mol. The largest absolute Gasteiger partial charge is 0.469 e. The van der Waals surface area contributed by atoms with Gasteiger partial charge in [-0.1, -0.05) is 18.2 Å². The van der Waals surface area contributed by atoms with Gasteiger partial charge in [0.15, 0.2) is 0 Å². The highest BCUT2D eigenvalue weighted by Gasteiger charge is 2.25. The van der Waals surface area contributed by atoms with Crippen molar-refractivity contribution in [2.75, 3.05) is 19.0 Å². The molecule has 2 rings (SSSR count). The van der Waals surface area contributed by atoms with E-state index >= 15 is 0 Å². The summed E-state index contributed by atoms with van der Waals surface area (Å²) >= 11 is 0. The Morgan fingerprint density at radius 1 is 1.14 bits per heavy atom. The highest BCUT2D eigenvalue weighted by molar-refractivity contribution is 5.97. The second-order valence-electron chi connectivity index (χ2n) is 8.77. The summed E-state index contributed by atoms with van der Waals surface area (Å²) in [5, 5.41) is 8.17. The quantitative estimate of drug-likeness (QED) is 0.346. The van der Waals surface area contributed by atoms with Crippen molar-refractivity contribution in [3.63, 3.8) is 0 Å². The number of benzene rings is 1. The average molecular weight is 488 g/mol. The third-order valence-corrected chi connectivity index (χ3v) is 4.79. The van der Waals surface area contributed by atoms with Crippen LogP contribution in [0.25, 0.3) is 0 Å². The van der Waals surface area contributed by atoms with Crippen molar-refractivity contribution < 1.29 is 28.7 Å². The van der Waals surface area contributed by atoms with E-state index in [1.807, 2.05) is 6.07 Å². The molecule has 11 heteroatoms. The Kier molecular flexibility index (Phi) is 10.2. The average Bonchev–Trinajstić information content (AvgIpc) is 3.34. The van der Waals surface area contributed by atoms with Gasteiger partial charge >= 0.3 is 18.1 Å². The number of para-hydroxylation sites is 1. The molecule has 1 heterocycles. The van der Waals surface area contributed by atoms with Gasteiger partial charge in [0, 0.05) is 31.0 Å². The van der Waals surface area contributed by atoms with Crippen molar-refractivity contribution in [3.05, 3.63) is 48.5 Å². The van der Waals surface area contributed by atoms with Crippen LogP contribution in [0, 0.1) is 0 Å². The van der Waals surface area contributed by atoms with Gasteiger partial charge in [-0.2, -0.15) is 0 Å². The number of rotatable bonds is 10. The molecule has 1 atom stereocenters. The number of alkyl carbamates (subject to hydrolysis) is 1. The van der Waals surface area contributed by atoms with Crippen molar-refractivity contribution in [3.8, 4) is 0 Å². The number of hydrogen-bond donors (Lipinski definition) is 3. The number of ether oxygens (including phenoxy) is 2. The molecule has 0 spiro atoms. The number of carbonyl (C=O) groups excluding carboxylic acids is 4. The predicted octanol–water partition coefficient (Wildman–Crippen LogP) is 2.86. The number of nitrogens with one attached hydrogen (secondary N) is 3. The Bertz CT molecular complexity index is 1000. The maximum atomic E-state index is 13.1. The van der Waals surface area contributed by atoms with Crippen LogP contribution in [0.1, 0.15) is 45.6 Å². The lowest BCUT2D eigenvalue weighted by molar-refractivity contribution is -0.140. The molecule has 35 heavy (non-hydrogen) atoms. The van der Waals surface area contributed by atoms with Crippen LogP contribution in [0.5, 0.6) is 0 Å². The number of aryl methyl sites for hydroxylation is 1. The molecule has 0 bridgehead atoms. The maximum absolute atomic E-state index is 13.1. The van der Waals surface area contributed by atoms with Gasteiger partial charge in [-0.25, -0.2) is 14.6 Å². The van der Waals surface area contributed by atoms with Gasteiger partial charge in [-0.3, -0.25) is 14.2 Å². The predicted molar refractivity (Wildman–Crippen MR) is 129 cm³/mol. The zero-order valence-corrected chi connectivity index (χ0v) is 20.5. The van der Waals surface area contributed by atoms with Gasteiger partial charge in [0.1, 0.15) is 18.0 Å². The van der Waals surface area contributed by atoms with Crippen molar-refractivity contribution in [1.29, 1.82) is 0 Å². The van der Waals surface area contributed by atoms with E-state index in [1.165, 1.54) is 30.4 Å². The van der Waals surface area contributed by atoms with Crippen LogP contribution in [-0.2, 0) is 25.5 Å². The summed E-state index contributed by atoms with van der Waals surface area (Å²) < 4.78 is 11.3. The lowest BCUT2D eigenvalue weighted by Gasteiger charge is -2.23. The van der Waals surface area contributed by atoms with E-state index in [9.17, 15) is 19.2 Å². The number of hydrogen-bond acceptors (Lipinski definition) is 7. The Hall–Kier alpha value is -3.89. The van der Waals surface area contributed by atoms with Crippen LogP contribution in [0.3, 0.4) is 0 Å². The Labute approximate surface area is 204 Å². The molecule has 1 aromatic carbocycles. The molecule has 2 aromatic rings. The molecule has 190 valence electrons. The summed E-state index contributed by atoms with van der Waals surface area (Å²) in [6.45, 7) is 5.47. The van der Waals surface area contributed by atoms with Gasteiger partial charge in [-0.15, -0.1) is 0 Å². The van der Waals surface area contributed by atoms with E-state index in [0.717, 1.165) is 5.56 Å². The zero-order chi connectivity index (χ0) is 25.8. The fourth-order valence-corrected chi connectivity index (χ4v) is 3.11. The molecule has 0 fully saturated rings. The fraction of sp³-hybridized carbons (Fsp3) is 0.458. The van der Waals surface area contributed by atoms with Crippen LogP contribution >= 0.6 is 0 Å². The minimum Gasteiger partial charge on any atom is -0.469 e. The molecule has 11 nitrogen and oxygen atoms in total. The van der Waals surface area contributed by atoms with Crippen LogP contribution in [0.4, 0.5) is 15.3 Å². The number of imidazole rings is 1. The fourth-order valence-electron chi connectivity index (χ4n) is 3.11. The van der Waals surface area contributed by atoms with Crippen molar-refractivity contribution >= 4 is 29.7 Å². The number of amides is 3. The van der Waals surface area contributed by atoms with Crippen molar-refractivity contribution in [1.82, 2.24) is 20.2 Å². The molecule has 0 aliphatic heterocycles. The van der Waals surface area contributed by atoms with Gasteiger partial charge in [-0.05, 0) is 51.7 Å². The molecule has 3 N–H and O–H groups in total. The third kappa shape index (κ3) is 9.86. The number of nitrogens with zero attached hydrogens (tertiary/aromatic N) is 2.